The summed E-state index contributed by atoms with van der Waals surface area (Å²) in [6.07, 6.45) is 0.423. The molecule has 2 rings (SSSR count). The van der Waals surface area contributed by atoms with Crippen LogP contribution in [0.15, 0.2) is 19.6 Å². The first-order valence-corrected chi connectivity index (χ1v) is 9.05. The van der Waals surface area contributed by atoms with E-state index in [2.05, 4.69) is 26.2 Å². The van der Waals surface area contributed by atoms with Crippen molar-refractivity contribution >= 4 is 27.7 Å². The molecule has 0 aliphatic rings. The predicted octanol–water partition coefficient (Wildman–Crippen LogP) is 4.23. The summed E-state index contributed by atoms with van der Waals surface area (Å²) in [5, 5.41) is 7.69. The van der Waals surface area contributed by atoms with Crippen LogP contribution in [0.1, 0.15) is 75.7 Å². The Balaban J connectivity index is 2.09. The third-order valence-electron chi connectivity index (χ3n) is 3.37. The summed E-state index contributed by atoms with van der Waals surface area (Å²) in [6, 6.07) is 1.59. The van der Waals surface area contributed by atoms with Crippen molar-refractivity contribution in [2.75, 3.05) is 0 Å². The van der Waals surface area contributed by atoms with Gasteiger partial charge in [-0.25, -0.2) is 0 Å². The van der Waals surface area contributed by atoms with E-state index in [0.717, 1.165) is 0 Å². The fourth-order valence-electron chi connectivity index (χ4n) is 2.07. The van der Waals surface area contributed by atoms with Gasteiger partial charge >= 0.3 is 5.97 Å². The molecule has 2 heterocycles. The van der Waals surface area contributed by atoms with E-state index in [9.17, 15) is 9.59 Å². The fourth-order valence-corrected chi connectivity index (χ4v) is 2.60. The third kappa shape index (κ3) is 5.03. The average Bonchev–Trinajstić information content (AvgIpc) is 3.09. The Morgan fingerprint density at radius 2 is 1.77 bits per heavy atom. The van der Waals surface area contributed by atoms with Crippen LogP contribution in [-0.2, 0) is 21.4 Å². The molecule has 2 aromatic heterocycles. The van der Waals surface area contributed by atoms with Crippen LogP contribution in [0.5, 0.6) is 0 Å². The normalized spacial score (nSPS) is 12.3. The maximum absolute atomic E-state index is 12.6. The lowest BCUT2D eigenvalue weighted by Crippen LogP contribution is -2.24. The van der Waals surface area contributed by atoms with Crippen molar-refractivity contribution in [2.45, 2.75) is 65.4 Å². The van der Waals surface area contributed by atoms with Crippen molar-refractivity contribution in [1.29, 1.82) is 0 Å². The van der Waals surface area contributed by atoms with E-state index in [0.29, 0.717) is 22.3 Å². The summed E-state index contributed by atoms with van der Waals surface area (Å²) in [5.74, 6) is -0.154. The van der Waals surface area contributed by atoms with Crippen molar-refractivity contribution in [2.24, 2.45) is 0 Å². The number of carbonyl (C=O) groups is 2. The topological polar surface area (TPSA) is 95.4 Å². The quantitative estimate of drug-likeness (QED) is 0.521. The van der Waals surface area contributed by atoms with Crippen LogP contribution in [-0.4, -0.2) is 27.7 Å². The van der Waals surface area contributed by atoms with Gasteiger partial charge in [0.25, 0.3) is 5.78 Å². The van der Waals surface area contributed by atoms with E-state index in [1.54, 1.807) is 26.8 Å². The van der Waals surface area contributed by atoms with Gasteiger partial charge in [0.05, 0.1) is 16.6 Å². The molecule has 0 radical (unpaired) electrons. The summed E-state index contributed by atoms with van der Waals surface area (Å²) in [5.41, 5.74) is -0.191. The van der Waals surface area contributed by atoms with Crippen LogP contribution >= 0.6 is 15.9 Å². The number of esters is 1. The van der Waals surface area contributed by atoms with Gasteiger partial charge in [0.2, 0.25) is 5.76 Å². The van der Waals surface area contributed by atoms with Crippen molar-refractivity contribution in [3.63, 3.8) is 0 Å². The number of hydrogen-bond donors (Lipinski definition) is 0. The number of nitrogens with zero attached hydrogens (tertiary/aromatic N) is 2. The third-order valence-corrected chi connectivity index (χ3v) is 4.19. The number of rotatable bonds is 5. The zero-order valence-corrected chi connectivity index (χ0v) is 17.4. The number of halogens is 1. The monoisotopic (exact) mass is 426 g/mol. The van der Waals surface area contributed by atoms with Gasteiger partial charge in [-0.05, 0) is 36.7 Å². The Morgan fingerprint density at radius 1 is 1.12 bits per heavy atom. The molecular formula is C18H23BrN2O5. The Morgan fingerprint density at radius 3 is 2.31 bits per heavy atom. The maximum Gasteiger partial charge on any atom is 0.306 e. The zero-order valence-electron chi connectivity index (χ0n) is 15.8. The number of ketones is 1. The molecule has 0 fully saturated rings. The largest absolute Gasteiger partial charge is 0.460 e. The summed E-state index contributed by atoms with van der Waals surface area (Å²) in [7, 11) is 0. The van der Waals surface area contributed by atoms with E-state index in [1.165, 1.54) is 0 Å². The SMILES string of the molecule is CC(C)(C)OC(=O)CCc1noc(C(=O)c2cc(C(C)(C)C)on2)c1Br. The van der Waals surface area contributed by atoms with E-state index in [-0.39, 0.29) is 29.3 Å². The van der Waals surface area contributed by atoms with Crippen LogP contribution in [0.25, 0.3) is 0 Å². The molecule has 0 atom stereocenters. The number of hydrogen-bond acceptors (Lipinski definition) is 7. The van der Waals surface area contributed by atoms with E-state index in [4.69, 9.17) is 13.8 Å². The predicted molar refractivity (Wildman–Crippen MR) is 97.0 cm³/mol. The minimum absolute atomic E-state index is 0.0259. The second kappa shape index (κ2) is 7.34. The van der Waals surface area contributed by atoms with Crippen LogP contribution in [0.2, 0.25) is 0 Å². The molecule has 0 saturated carbocycles. The highest BCUT2D eigenvalue weighted by Crippen LogP contribution is 2.27. The number of aryl methyl sites for hydroxylation is 1. The van der Waals surface area contributed by atoms with Crippen LogP contribution < -0.4 is 0 Å². The molecule has 0 aliphatic carbocycles. The van der Waals surface area contributed by atoms with Crippen molar-refractivity contribution in [1.82, 2.24) is 10.3 Å². The summed E-state index contributed by atoms with van der Waals surface area (Å²) >= 11 is 3.32. The summed E-state index contributed by atoms with van der Waals surface area (Å²) < 4.78 is 16.1. The molecule has 26 heavy (non-hydrogen) atoms. The fraction of sp³-hybridized carbons (Fsp3) is 0.556. The second-order valence-corrected chi connectivity index (χ2v) is 8.81. The molecule has 0 spiro atoms. The minimum Gasteiger partial charge on any atom is -0.460 e. The maximum atomic E-state index is 12.6. The highest BCUT2D eigenvalue weighted by molar-refractivity contribution is 9.10. The molecule has 142 valence electrons. The molecular weight excluding hydrogens is 404 g/mol. The Hall–Kier alpha value is -1.96. The lowest BCUT2D eigenvalue weighted by molar-refractivity contribution is -0.154. The van der Waals surface area contributed by atoms with Gasteiger partial charge < -0.3 is 13.8 Å². The Kier molecular flexibility index (Phi) is 5.75. The average molecular weight is 427 g/mol. The first kappa shape index (κ1) is 20.4. The van der Waals surface area contributed by atoms with Gasteiger partial charge in [-0.2, -0.15) is 0 Å². The molecule has 2 aromatic rings. The number of carbonyl (C=O) groups excluding carboxylic acids is 2. The molecule has 0 N–H and O–H groups in total. The van der Waals surface area contributed by atoms with Gasteiger partial charge in [0, 0.05) is 17.9 Å². The first-order chi connectivity index (χ1) is 11.9. The van der Waals surface area contributed by atoms with Gasteiger partial charge in [-0.3, -0.25) is 9.59 Å². The lowest BCUT2D eigenvalue weighted by atomic mass is 9.93. The lowest BCUT2D eigenvalue weighted by Gasteiger charge is -2.19. The summed E-state index contributed by atoms with van der Waals surface area (Å²) in [6.45, 7) is 11.3. The molecule has 0 aromatic carbocycles. The zero-order chi connectivity index (χ0) is 19.7. The van der Waals surface area contributed by atoms with Crippen LogP contribution in [0.3, 0.4) is 0 Å². The smallest absolute Gasteiger partial charge is 0.306 e. The van der Waals surface area contributed by atoms with Crippen molar-refractivity contribution < 1.29 is 23.4 Å². The van der Waals surface area contributed by atoms with Crippen LogP contribution in [0, 0.1) is 0 Å². The minimum atomic E-state index is -0.545. The second-order valence-electron chi connectivity index (χ2n) is 8.01. The van der Waals surface area contributed by atoms with Crippen molar-refractivity contribution in [3.8, 4) is 0 Å². The molecule has 7 nitrogen and oxygen atoms in total. The molecule has 0 aliphatic heterocycles. The van der Waals surface area contributed by atoms with Gasteiger partial charge in [0.15, 0.2) is 5.69 Å². The Bertz CT molecular complexity index is 808. The first-order valence-electron chi connectivity index (χ1n) is 8.26. The standard InChI is InChI=1S/C18H23BrN2O5/c1-17(2,3)12-9-11(21-25-12)15(23)16-14(19)10(20-26-16)7-8-13(22)24-18(4,5)6/h9H,7-8H2,1-6H3. The van der Waals surface area contributed by atoms with Crippen LogP contribution in [0.4, 0.5) is 0 Å². The highest BCUT2D eigenvalue weighted by atomic mass is 79.9. The summed E-state index contributed by atoms with van der Waals surface area (Å²) in [4.78, 5) is 24.4. The Labute approximate surface area is 160 Å². The van der Waals surface area contributed by atoms with Crippen molar-refractivity contribution in [3.05, 3.63) is 33.4 Å². The number of ether oxygens (including phenoxy) is 1. The molecule has 0 bridgehead atoms. The van der Waals surface area contributed by atoms with E-state index >= 15 is 0 Å². The highest BCUT2D eigenvalue weighted by Gasteiger charge is 2.28. The van der Waals surface area contributed by atoms with Gasteiger partial charge in [-0.1, -0.05) is 31.1 Å². The molecule has 0 saturated heterocycles. The van der Waals surface area contributed by atoms with E-state index < -0.39 is 11.4 Å². The van der Waals surface area contributed by atoms with E-state index in [1.807, 2.05) is 20.8 Å². The molecule has 0 unspecified atom stereocenters. The molecule has 0 amide bonds. The molecule has 8 heteroatoms. The van der Waals surface area contributed by atoms with Gasteiger partial charge in [-0.15, -0.1) is 0 Å². The number of aromatic nitrogens is 2. The van der Waals surface area contributed by atoms with Gasteiger partial charge in [0.1, 0.15) is 11.4 Å².